The number of nitrogens with zero attached hydrogens (tertiary/aromatic N) is 1. The van der Waals surface area contributed by atoms with Crippen molar-refractivity contribution in [3.8, 4) is 0 Å². The Morgan fingerprint density at radius 3 is 1.97 bits per heavy atom. The van der Waals surface area contributed by atoms with Crippen molar-refractivity contribution in [3.05, 3.63) is 141 Å². The van der Waals surface area contributed by atoms with E-state index in [2.05, 4.69) is 125 Å². The van der Waals surface area contributed by atoms with Crippen molar-refractivity contribution in [2.24, 2.45) is 0 Å². The van der Waals surface area contributed by atoms with Crippen LogP contribution in [0.1, 0.15) is 63.4 Å². The van der Waals surface area contributed by atoms with Crippen molar-refractivity contribution in [3.63, 3.8) is 0 Å². The summed E-state index contributed by atoms with van der Waals surface area (Å²) in [6.07, 6.45) is 2.36. The molecule has 0 spiro atoms. The first kappa shape index (κ1) is 26.8. The summed E-state index contributed by atoms with van der Waals surface area (Å²) in [5.41, 5.74) is 12.9. The minimum absolute atomic E-state index is 0.0612. The summed E-state index contributed by atoms with van der Waals surface area (Å²) in [5, 5.41) is 5.24. The summed E-state index contributed by atoms with van der Waals surface area (Å²) in [7, 11) is 9.78. The standard InChI is InChI=1S/C32H30N.2ClH.Ti/c1-21-18-22(2)32(23(3)19-21)33-24(4)27-15-10-11-17-29(27)31-28-16-9-8-14-26(28)20-30(31)25-12-6-5-7-13-25;;;/h5-20,24,31H,1-4H3;2*1H;/q-1;;;+2/p-2. The van der Waals surface area contributed by atoms with Gasteiger partial charge in [0.25, 0.3) is 0 Å². The molecule has 182 valence electrons. The third-order valence-electron chi connectivity index (χ3n) is 6.75. The molecular weight excluding hydrogens is 517 g/mol. The van der Waals surface area contributed by atoms with Crippen LogP contribution in [0.15, 0.2) is 91.0 Å². The molecule has 0 aliphatic heterocycles. The maximum atomic E-state index is 5.24. The number of aryl methyl sites for hydroxylation is 3. The number of hydrogen-bond acceptors (Lipinski definition) is 0. The van der Waals surface area contributed by atoms with Gasteiger partial charge in [0.2, 0.25) is 0 Å². The van der Waals surface area contributed by atoms with Crippen LogP contribution in [-0.2, 0) is 17.0 Å². The van der Waals surface area contributed by atoms with E-state index in [9.17, 15) is 0 Å². The molecule has 5 rings (SSSR count). The van der Waals surface area contributed by atoms with Gasteiger partial charge in [-0.3, -0.25) is 0 Å². The van der Waals surface area contributed by atoms with Gasteiger partial charge in [0.1, 0.15) is 0 Å². The molecule has 1 aliphatic carbocycles. The fourth-order valence-electron chi connectivity index (χ4n) is 5.33. The average Bonchev–Trinajstić information content (AvgIpc) is 3.26. The zero-order chi connectivity index (χ0) is 25.7. The van der Waals surface area contributed by atoms with Gasteiger partial charge in [-0.05, 0) is 54.7 Å². The van der Waals surface area contributed by atoms with Crippen LogP contribution in [0.4, 0.5) is 5.69 Å². The van der Waals surface area contributed by atoms with E-state index in [1.54, 1.807) is 0 Å². The van der Waals surface area contributed by atoms with Crippen LogP contribution in [0.3, 0.4) is 0 Å². The maximum absolute atomic E-state index is 5.24. The Labute approximate surface area is 232 Å². The SMILES string of the molecule is Cc1cc(C)c([N-]C(C)c2ccccc2C2C(c3ccccc3)=Cc3ccccc32)c(C)c1.[Cl][Ti][Cl]. The molecule has 0 N–H and O–H groups in total. The Balaban J connectivity index is 0.000000967. The Hall–Kier alpha value is -2.29. The van der Waals surface area contributed by atoms with Crippen LogP contribution in [-0.4, -0.2) is 0 Å². The van der Waals surface area contributed by atoms with E-state index >= 15 is 0 Å². The number of hydrogen-bond donors (Lipinski definition) is 0. The van der Waals surface area contributed by atoms with Gasteiger partial charge in [0.05, 0.1) is 0 Å². The first-order chi connectivity index (χ1) is 17.4. The van der Waals surface area contributed by atoms with Gasteiger partial charge in [0.15, 0.2) is 0 Å². The van der Waals surface area contributed by atoms with Gasteiger partial charge < -0.3 is 5.32 Å². The second-order valence-corrected chi connectivity index (χ2v) is 11.9. The Bertz CT molecular complexity index is 1340. The Morgan fingerprint density at radius 2 is 1.31 bits per heavy atom. The van der Waals surface area contributed by atoms with E-state index in [4.69, 9.17) is 23.9 Å². The fraction of sp³-hybridized carbons (Fsp3) is 0.188. The van der Waals surface area contributed by atoms with Crippen molar-refractivity contribution in [1.29, 1.82) is 0 Å². The third-order valence-corrected chi connectivity index (χ3v) is 6.75. The summed E-state index contributed by atoms with van der Waals surface area (Å²) < 4.78 is 0. The van der Waals surface area contributed by atoms with Crippen LogP contribution in [0.5, 0.6) is 0 Å². The Morgan fingerprint density at radius 1 is 0.750 bits per heavy atom. The first-order valence-corrected chi connectivity index (χ1v) is 16.4. The zero-order valence-electron chi connectivity index (χ0n) is 21.1. The van der Waals surface area contributed by atoms with E-state index in [1.807, 2.05) is 0 Å². The van der Waals surface area contributed by atoms with Gasteiger partial charge >= 0.3 is 35.6 Å². The molecule has 1 aliphatic rings. The molecule has 4 aromatic carbocycles. The number of benzene rings is 4. The van der Waals surface area contributed by atoms with Crippen molar-refractivity contribution in [2.75, 3.05) is 0 Å². The van der Waals surface area contributed by atoms with Crippen molar-refractivity contribution < 1.29 is 17.0 Å². The molecule has 4 heteroatoms. The van der Waals surface area contributed by atoms with Crippen LogP contribution in [0.2, 0.25) is 0 Å². The first-order valence-electron chi connectivity index (χ1n) is 12.1. The molecule has 2 atom stereocenters. The third kappa shape index (κ3) is 5.82. The van der Waals surface area contributed by atoms with E-state index in [0.717, 1.165) is 5.69 Å². The second-order valence-electron chi connectivity index (χ2n) is 9.28. The van der Waals surface area contributed by atoms with Gasteiger partial charge in [-0.2, -0.15) is 0 Å². The molecule has 0 aromatic heterocycles. The van der Waals surface area contributed by atoms with Gasteiger partial charge in [-0.15, -0.1) is 5.69 Å². The number of rotatable bonds is 5. The average molecular weight is 547 g/mol. The summed E-state index contributed by atoms with van der Waals surface area (Å²) in [6.45, 7) is 8.71. The molecule has 2 unspecified atom stereocenters. The fourth-order valence-corrected chi connectivity index (χ4v) is 5.33. The van der Waals surface area contributed by atoms with Crippen LogP contribution in [0.25, 0.3) is 17.0 Å². The molecule has 0 amide bonds. The molecule has 36 heavy (non-hydrogen) atoms. The Kier molecular flexibility index (Phi) is 9.15. The van der Waals surface area contributed by atoms with Crippen molar-refractivity contribution in [1.82, 2.24) is 0 Å². The van der Waals surface area contributed by atoms with E-state index < -0.39 is 17.0 Å². The molecule has 0 heterocycles. The molecule has 0 radical (unpaired) electrons. The normalized spacial score (nSPS) is 14.7. The van der Waals surface area contributed by atoms with Gasteiger partial charge in [-0.25, -0.2) is 0 Å². The quantitative estimate of drug-likeness (QED) is 0.221. The van der Waals surface area contributed by atoms with Crippen molar-refractivity contribution in [2.45, 2.75) is 39.7 Å². The minimum atomic E-state index is -0.556. The zero-order valence-corrected chi connectivity index (χ0v) is 24.2. The van der Waals surface area contributed by atoms with Crippen molar-refractivity contribution >= 4 is 35.9 Å². The predicted octanol–water partition coefficient (Wildman–Crippen LogP) is 10.4. The molecule has 0 saturated heterocycles. The molecule has 0 saturated carbocycles. The molecule has 4 aromatic rings. The summed E-state index contributed by atoms with van der Waals surface area (Å²) in [5.74, 6) is 0.206. The number of fused-ring (bicyclic) bond motifs is 1. The number of halogens is 2. The van der Waals surface area contributed by atoms with Crippen LogP contribution in [0, 0.1) is 20.8 Å². The second kappa shape index (κ2) is 12.3. The van der Waals surface area contributed by atoms with E-state index in [-0.39, 0.29) is 12.0 Å². The van der Waals surface area contributed by atoms with Crippen LogP contribution < -0.4 is 0 Å². The summed E-state index contributed by atoms with van der Waals surface area (Å²) in [4.78, 5) is 0. The number of allylic oxidation sites excluding steroid dienone is 1. The molecule has 0 fully saturated rings. The summed E-state index contributed by atoms with van der Waals surface area (Å²) in [6, 6.07) is 33.0. The van der Waals surface area contributed by atoms with Gasteiger partial charge in [0, 0.05) is 5.92 Å². The molecule has 0 bridgehead atoms. The van der Waals surface area contributed by atoms with E-state index in [0.29, 0.717) is 0 Å². The van der Waals surface area contributed by atoms with Crippen LogP contribution >= 0.6 is 18.6 Å². The molecular formula is C32H30Cl2NTi-. The summed E-state index contributed by atoms with van der Waals surface area (Å²) >= 11 is -0.556. The predicted molar refractivity (Wildman–Crippen MR) is 153 cm³/mol. The van der Waals surface area contributed by atoms with E-state index in [1.165, 1.54) is 50.1 Å². The molecule has 1 nitrogen and oxygen atoms in total. The van der Waals surface area contributed by atoms with Gasteiger partial charge in [-0.1, -0.05) is 126 Å². The topological polar surface area (TPSA) is 14.1 Å². The monoisotopic (exact) mass is 546 g/mol.